The number of phosphoric ester groups is 2. The van der Waals surface area contributed by atoms with Gasteiger partial charge in [-0.3, -0.25) is 37.3 Å². The van der Waals surface area contributed by atoms with Crippen molar-refractivity contribution in [2.24, 2.45) is 11.8 Å². The zero-order valence-corrected chi connectivity index (χ0v) is 66.6. The lowest BCUT2D eigenvalue weighted by Gasteiger charge is -2.21. The topological polar surface area (TPSA) is 237 Å². The molecule has 0 aliphatic rings. The van der Waals surface area contributed by atoms with Crippen molar-refractivity contribution < 1.29 is 80.2 Å². The van der Waals surface area contributed by atoms with E-state index in [1.54, 1.807) is 0 Å². The Bertz CT molecular complexity index is 1910. The second kappa shape index (κ2) is 71.7. The largest absolute Gasteiger partial charge is 0.472 e. The van der Waals surface area contributed by atoms with Gasteiger partial charge in [0.2, 0.25) is 0 Å². The van der Waals surface area contributed by atoms with Gasteiger partial charge in [0.1, 0.15) is 19.3 Å². The molecule has 588 valence electrons. The smallest absolute Gasteiger partial charge is 0.462 e. The van der Waals surface area contributed by atoms with Gasteiger partial charge in [0, 0.05) is 25.7 Å². The minimum atomic E-state index is -4.96. The average molecular weight is 1450 g/mol. The predicted molar refractivity (Wildman–Crippen MR) is 405 cm³/mol. The van der Waals surface area contributed by atoms with E-state index < -0.39 is 97.5 Å². The van der Waals surface area contributed by atoms with E-state index in [9.17, 15) is 43.2 Å². The van der Waals surface area contributed by atoms with Crippen LogP contribution in [-0.2, 0) is 65.4 Å². The number of phosphoric acid groups is 2. The monoisotopic (exact) mass is 1450 g/mol. The number of carbonyl (C=O) groups excluding carboxylic acids is 4. The molecule has 0 heterocycles. The zero-order chi connectivity index (χ0) is 72.8. The molecule has 0 aromatic carbocycles. The van der Waals surface area contributed by atoms with Gasteiger partial charge in [0.15, 0.2) is 12.2 Å². The number of ether oxygens (including phenoxy) is 4. The van der Waals surface area contributed by atoms with E-state index in [0.29, 0.717) is 25.7 Å². The van der Waals surface area contributed by atoms with Crippen LogP contribution in [0, 0.1) is 11.8 Å². The maximum Gasteiger partial charge on any atom is 0.472 e. The summed E-state index contributed by atoms with van der Waals surface area (Å²) in [5.74, 6) is -0.438. The predicted octanol–water partition coefficient (Wildman–Crippen LogP) is 23.9. The van der Waals surface area contributed by atoms with Crippen LogP contribution in [0.5, 0.6) is 0 Å². The van der Waals surface area contributed by atoms with E-state index in [1.807, 2.05) is 0 Å². The fraction of sp³-hybridized carbons (Fsp3) is 0.950. The van der Waals surface area contributed by atoms with Crippen molar-refractivity contribution in [3.63, 3.8) is 0 Å². The quantitative estimate of drug-likeness (QED) is 0.0222. The van der Waals surface area contributed by atoms with Crippen LogP contribution in [0.25, 0.3) is 0 Å². The number of hydrogen-bond donors (Lipinski definition) is 3. The number of carbonyl (C=O) groups is 4. The SMILES string of the molecule is CCCCCCCCCCCCCCCC(=O)O[C@H](COC(=O)CCCCCCC)COP(=O)(O)OC[C@H](O)COP(=O)(O)OC[C@@H](COC(=O)CCCCCCCCCCCCCCCCCCC(C)C)OC(=O)CCCCCCCCCCCCCCCCCCCCC(C)CC. The molecule has 6 atom stereocenters. The second-order valence-corrected chi connectivity index (χ2v) is 32.4. The first kappa shape index (κ1) is 97.1. The molecule has 0 aromatic heterocycles. The van der Waals surface area contributed by atoms with Crippen LogP contribution in [0.1, 0.15) is 420 Å². The van der Waals surface area contributed by atoms with E-state index in [4.69, 9.17) is 37.0 Å². The Morgan fingerprint density at radius 1 is 0.293 bits per heavy atom. The highest BCUT2D eigenvalue weighted by atomic mass is 31.2. The van der Waals surface area contributed by atoms with Gasteiger partial charge >= 0.3 is 39.5 Å². The summed E-state index contributed by atoms with van der Waals surface area (Å²) in [5, 5.41) is 10.6. The minimum Gasteiger partial charge on any atom is -0.462 e. The highest BCUT2D eigenvalue weighted by molar-refractivity contribution is 7.47. The molecule has 0 radical (unpaired) electrons. The third kappa shape index (κ3) is 72.8. The Kier molecular flexibility index (Phi) is 70.3. The Morgan fingerprint density at radius 2 is 0.515 bits per heavy atom. The van der Waals surface area contributed by atoms with E-state index >= 15 is 0 Å². The first-order valence-corrected chi connectivity index (χ1v) is 44.5. The maximum absolute atomic E-state index is 13.1. The molecular formula is C80H156O17P2. The van der Waals surface area contributed by atoms with Crippen LogP contribution in [0.15, 0.2) is 0 Å². The third-order valence-electron chi connectivity index (χ3n) is 19.1. The highest BCUT2D eigenvalue weighted by Crippen LogP contribution is 2.45. The zero-order valence-electron chi connectivity index (χ0n) is 64.8. The molecular weight excluding hydrogens is 1290 g/mol. The lowest BCUT2D eigenvalue weighted by atomic mass is 9.99. The lowest BCUT2D eigenvalue weighted by Crippen LogP contribution is -2.30. The van der Waals surface area contributed by atoms with Crippen molar-refractivity contribution in [1.29, 1.82) is 0 Å². The summed E-state index contributed by atoms with van der Waals surface area (Å²) < 4.78 is 68.4. The van der Waals surface area contributed by atoms with Crippen molar-refractivity contribution in [3.8, 4) is 0 Å². The Labute approximate surface area is 607 Å². The number of aliphatic hydroxyl groups is 1. The lowest BCUT2D eigenvalue weighted by molar-refractivity contribution is -0.161. The number of hydrogen-bond acceptors (Lipinski definition) is 15. The van der Waals surface area contributed by atoms with Gasteiger partial charge in [0.05, 0.1) is 26.4 Å². The summed E-state index contributed by atoms with van der Waals surface area (Å²) in [6.45, 7) is 9.63. The van der Waals surface area contributed by atoms with Crippen molar-refractivity contribution >= 4 is 39.5 Å². The molecule has 0 fully saturated rings. The highest BCUT2D eigenvalue weighted by Gasteiger charge is 2.30. The van der Waals surface area contributed by atoms with E-state index in [0.717, 1.165) is 108 Å². The van der Waals surface area contributed by atoms with Gasteiger partial charge in [-0.1, -0.05) is 369 Å². The maximum atomic E-state index is 13.1. The van der Waals surface area contributed by atoms with Crippen molar-refractivity contribution in [1.82, 2.24) is 0 Å². The summed E-state index contributed by atoms with van der Waals surface area (Å²) in [6, 6.07) is 0. The summed E-state index contributed by atoms with van der Waals surface area (Å²) in [6.07, 6.45) is 61.5. The van der Waals surface area contributed by atoms with E-state index in [1.165, 1.54) is 231 Å². The van der Waals surface area contributed by atoms with E-state index in [-0.39, 0.29) is 25.7 Å². The average Bonchev–Trinajstić information content (AvgIpc) is 1.02. The molecule has 0 rings (SSSR count). The number of unbranched alkanes of at least 4 members (excludes halogenated alkanes) is 48. The molecule has 0 saturated carbocycles. The van der Waals surface area contributed by atoms with Crippen molar-refractivity contribution in [2.75, 3.05) is 39.6 Å². The van der Waals surface area contributed by atoms with Crippen LogP contribution in [0.2, 0.25) is 0 Å². The second-order valence-electron chi connectivity index (χ2n) is 29.5. The van der Waals surface area contributed by atoms with Gasteiger partial charge in [-0.2, -0.15) is 0 Å². The van der Waals surface area contributed by atoms with Crippen LogP contribution >= 0.6 is 15.6 Å². The minimum absolute atomic E-state index is 0.107. The van der Waals surface area contributed by atoms with Gasteiger partial charge in [0.25, 0.3) is 0 Å². The molecule has 0 saturated heterocycles. The van der Waals surface area contributed by atoms with Gasteiger partial charge in [-0.15, -0.1) is 0 Å². The molecule has 0 aliphatic carbocycles. The molecule has 17 nitrogen and oxygen atoms in total. The van der Waals surface area contributed by atoms with Gasteiger partial charge < -0.3 is 33.8 Å². The molecule has 3 N–H and O–H groups in total. The fourth-order valence-corrected chi connectivity index (χ4v) is 13.9. The van der Waals surface area contributed by atoms with Gasteiger partial charge in [-0.05, 0) is 37.5 Å². The summed E-state index contributed by atoms with van der Waals surface area (Å²) in [7, 11) is -9.91. The normalized spacial score (nSPS) is 14.2. The third-order valence-corrected chi connectivity index (χ3v) is 21.0. The van der Waals surface area contributed by atoms with Crippen molar-refractivity contribution in [3.05, 3.63) is 0 Å². The van der Waals surface area contributed by atoms with Gasteiger partial charge in [-0.25, -0.2) is 9.13 Å². The molecule has 19 heteroatoms. The number of rotatable bonds is 79. The van der Waals surface area contributed by atoms with Crippen LogP contribution in [-0.4, -0.2) is 96.7 Å². The Balaban J connectivity index is 5.11. The molecule has 0 spiro atoms. The fourth-order valence-electron chi connectivity index (χ4n) is 12.3. The van der Waals surface area contributed by atoms with E-state index in [2.05, 4.69) is 41.5 Å². The Morgan fingerprint density at radius 3 is 0.768 bits per heavy atom. The van der Waals surface area contributed by atoms with Crippen molar-refractivity contribution in [2.45, 2.75) is 439 Å². The van der Waals surface area contributed by atoms with Crippen LogP contribution in [0.4, 0.5) is 0 Å². The Hall–Kier alpha value is -1.94. The molecule has 0 bridgehead atoms. The molecule has 99 heavy (non-hydrogen) atoms. The molecule has 0 amide bonds. The summed E-state index contributed by atoms with van der Waals surface area (Å²) in [5.41, 5.74) is 0. The molecule has 0 aliphatic heterocycles. The van der Waals surface area contributed by atoms with Crippen LogP contribution < -0.4 is 0 Å². The first-order chi connectivity index (χ1) is 47.9. The number of esters is 4. The summed E-state index contributed by atoms with van der Waals surface area (Å²) >= 11 is 0. The first-order valence-electron chi connectivity index (χ1n) is 41.5. The van der Waals surface area contributed by atoms with Crippen LogP contribution in [0.3, 0.4) is 0 Å². The molecule has 0 aromatic rings. The summed E-state index contributed by atoms with van der Waals surface area (Å²) in [4.78, 5) is 72.6. The number of aliphatic hydroxyl groups excluding tert-OH is 1. The standard InChI is InChI=1S/C80H156O17P2/c1-7-10-12-14-15-16-17-28-36-41-46-52-58-64-79(84)96-75(68-90-77(82)62-56-48-13-11-8-2)70-94-98(86,87)92-66-74(81)67-93-99(88,89)95-71-76(69-91-78(83)63-57-51-45-40-35-31-26-23-22-24-29-33-38-43-49-54-60-72(4)5)97-80(85)65-59-53-47-42-37-32-27-21-19-18-20-25-30-34-39-44-50-55-61-73(6)9-3/h72-76,81H,7-71H2,1-6H3,(H,86,87)(H,88,89)/t73?,74-,75+,76+/m0/s1. The molecule has 3 unspecified atom stereocenters.